The molecule has 186 valence electrons. The quantitative estimate of drug-likeness (QED) is 0.203. The Hall–Kier alpha value is -1.84. The highest BCUT2D eigenvalue weighted by atomic mass is 16.7. The molecule has 12 nitrogen and oxygen atoms in total. The van der Waals surface area contributed by atoms with Crippen LogP contribution in [0.25, 0.3) is 6.08 Å². The van der Waals surface area contributed by atoms with Crippen molar-refractivity contribution in [2.45, 2.75) is 48.7 Å². The van der Waals surface area contributed by atoms with Gasteiger partial charge < -0.3 is 59.4 Å². The Labute approximate surface area is 189 Å². The van der Waals surface area contributed by atoms with Crippen molar-refractivity contribution >= 4 is 6.08 Å². The summed E-state index contributed by atoms with van der Waals surface area (Å²) in [6, 6.07) is 4.75. The zero-order chi connectivity index (χ0) is 24.2. The largest absolute Gasteiger partial charge is 0.504 e. The Bertz CT molecular complexity index is 803. The standard InChI is InChI=1S/C21H30O12/c1-29-13-7-11(4-5-12(13)23)3-2-6-30-19-17(26)16(25)15(24)14(33-19)8-31-20-18(27)21(28,9-22)10-32-20/h2-5,7,14-20,22-28H,6,8-10H2,1H3/b3-2+/t14-,15-,16+,17-,18+,19-,20-,21-/m1/s1. The molecule has 0 unspecified atom stereocenters. The molecule has 2 fully saturated rings. The van der Waals surface area contributed by atoms with E-state index in [0.717, 1.165) is 5.56 Å². The lowest BCUT2D eigenvalue weighted by Gasteiger charge is -2.40. The summed E-state index contributed by atoms with van der Waals surface area (Å²) in [6.07, 6.45) is -6.60. The molecular formula is C21H30O12. The highest BCUT2D eigenvalue weighted by Crippen LogP contribution is 2.28. The number of phenolic OH excluding ortho intramolecular Hbond substituents is 1. The SMILES string of the molecule is COc1cc(/C=C/CO[C@@H]2O[C@H](CO[C@@H]3OC[C@](O)(CO)[C@H]3O)[C@@H](O)[C@H](O)[C@H]2O)ccc1O. The molecule has 0 amide bonds. The van der Waals surface area contributed by atoms with Gasteiger partial charge in [0.05, 0.1) is 33.5 Å². The van der Waals surface area contributed by atoms with Crippen molar-refractivity contribution in [1.82, 2.24) is 0 Å². The van der Waals surface area contributed by atoms with E-state index in [1.807, 2.05) is 0 Å². The van der Waals surface area contributed by atoms with Gasteiger partial charge in [-0.2, -0.15) is 0 Å². The van der Waals surface area contributed by atoms with E-state index < -0.39 is 55.3 Å². The molecule has 2 aliphatic rings. The highest BCUT2D eigenvalue weighted by molar-refractivity contribution is 5.55. The van der Waals surface area contributed by atoms with E-state index in [2.05, 4.69) is 0 Å². The van der Waals surface area contributed by atoms with Crippen LogP contribution < -0.4 is 4.74 Å². The molecule has 0 saturated carbocycles. The van der Waals surface area contributed by atoms with Gasteiger partial charge in [-0.05, 0) is 17.7 Å². The van der Waals surface area contributed by atoms with Gasteiger partial charge in [0.1, 0.15) is 36.1 Å². The van der Waals surface area contributed by atoms with Crippen molar-refractivity contribution in [3.05, 3.63) is 29.8 Å². The molecule has 3 rings (SSSR count). The molecular weight excluding hydrogens is 444 g/mol. The maximum absolute atomic E-state index is 10.2. The Morgan fingerprint density at radius 3 is 2.52 bits per heavy atom. The van der Waals surface area contributed by atoms with Crippen LogP contribution in [0.3, 0.4) is 0 Å². The van der Waals surface area contributed by atoms with E-state index in [9.17, 15) is 35.7 Å². The van der Waals surface area contributed by atoms with Gasteiger partial charge in [-0.1, -0.05) is 18.2 Å². The van der Waals surface area contributed by atoms with Crippen LogP contribution in [0, 0.1) is 0 Å². The van der Waals surface area contributed by atoms with Crippen molar-refractivity contribution in [3.63, 3.8) is 0 Å². The van der Waals surface area contributed by atoms with E-state index in [4.69, 9.17) is 23.7 Å². The van der Waals surface area contributed by atoms with Crippen LogP contribution in [0.2, 0.25) is 0 Å². The topological polar surface area (TPSA) is 188 Å². The third-order valence-electron chi connectivity index (χ3n) is 5.54. The smallest absolute Gasteiger partial charge is 0.187 e. The van der Waals surface area contributed by atoms with Gasteiger partial charge in [-0.15, -0.1) is 0 Å². The van der Waals surface area contributed by atoms with Crippen LogP contribution in [0.1, 0.15) is 5.56 Å². The summed E-state index contributed by atoms with van der Waals surface area (Å²) in [6.45, 7) is -1.47. The normalized spacial score (nSPS) is 37.0. The molecule has 1 aromatic rings. The number of hydrogen-bond donors (Lipinski definition) is 7. The second-order valence-corrected chi connectivity index (χ2v) is 7.90. The zero-order valence-electron chi connectivity index (χ0n) is 17.9. The first-order chi connectivity index (χ1) is 15.7. The van der Waals surface area contributed by atoms with Crippen LogP contribution in [0.4, 0.5) is 0 Å². The van der Waals surface area contributed by atoms with Crippen molar-refractivity contribution in [2.24, 2.45) is 0 Å². The Morgan fingerprint density at radius 2 is 1.85 bits per heavy atom. The van der Waals surface area contributed by atoms with Crippen LogP contribution in [0.5, 0.6) is 11.5 Å². The minimum absolute atomic E-state index is 0.00185. The second kappa shape index (κ2) is 11.1. The third-order valence-corrected chi connectivity index (χ3v) is 5.54. The van der Waals surface area contributed by atoms with Crippen molar-refractivity contribution in [2.75, 3.05) is 33.5 Å². The molecule has 12 heteroatoms. The monoisotopic (exact) mass is 474 g/mol. The molecule has 0 radical (unpaired) electrons. The van der Waals surface area contributed by atoms with E-state index in [0.29, 0.717) is 5.75 Å². The maximum atomic E-state index is 10.2. The molecule has 2 saturated heterocycles. The number of aliphatic hydroxyl groups excluding tert-OH is 5. The first kappa shape index (κ1) is 25.8. The summed E-state index contributed by atoms with van der Waals surface area (Å²) in [5.41, 5.74) is -1.15. The first-order valence-corrected chi connectivity index (χ1v) is 10.3. The summed E-state index contributed by atoms with van der Waals surface area (Å²) in [7, 11) is 1.43. The molecule has 0 spiro atoms. The third kappa shape index (κ3) is 5.81. The summed E-state index contributed by atoms with van der Waals surface area (Å²) in [5.74, 6) is 0.305. The summed E-state index contributed by atoms with van der Waals surface area (Å²) in [5, 5.41) is 69.3. The average Bonchev–Trinajstić information content (AvgIpc) is 3.10. The molecule has 0 aliphatic carbocycles. The molecule has 1 aromatic carbocycles. The van der Waals surface area contributed by atoms with E-state index in [1.165, 1.54) is 13.2 Å². The summed E-state index contributed by atoms with van der Waals surface area (Å²) in [4.78, 5) is 0. The molecule has 0 bridgehead atoms. The van der Waals surface area contributed by atoms with Crippen LogP contribution in [-0.4, -0.2) is 118 Å². The Kier molecular flexibility index (Phi) is 8.64. The lowest BCUT2D eigenvalue weighted by molar-refractivity contribution is -0.307. The maximum Gasteiger partial charge on any atom is 0.187 e. The Morgan fingerprint density at radius 1 is 1.09 bits per heavy atom. The fourth-order valence-corrected chi connectivity index (χ4v) is 3.45. The minimum atomic E-state index is -1.87. The predicted molar refractivity (Wildman–Crippen MR) is 110 cm³/mol. The van der Waals surface area contributed by atoms with E-state index in [-0.39, 0.29) is 25.6 Å². The minimum Gasteiger partial charge on any atom is -0.504 e. The number of aromatic hydroxyl groups is 1. The fraction of sp³-hybridized carbons (Fsp3) is 0.619. The number of methoxy groups -OCH3 is 1. The number of hydrogen-bond acceptors (Lipinski definition) is 12. The number of aliphatic hydroxyl groups is 6. The highest BCUT2D eigenvalue weighted by Gasteiger charge is 2.50. The lowest BCUT2D eigenvalue weighted by atomic mass is 9.99. The Balaban J connectivity index is 1.53. The summed E-state index contributed by atoms with van der Waals surface area (Å²) >= 11 is 0. The van der Waals surface area contributed by atoms with E-state index in [1.54, 1.807) is 24.3 Å². The molecule has 2 aliphatic heterocycles. The van der Waals surface area contributed by atoms with E-state index >= 15 is 0 Å². The van der Waals surface area contributed by atoms with Crippen LogP contribution >= 0.6 is 0 Å². The van der Waals surface area contributed by atoms with Crippen LogP contribution in [0.15, 0.2) is 24.3 Å². The van der Waals surface area contributed by atoms with Gasteiger partial charge in [0.25, 0.3) is 0 Å². The number of rotatable bonds is 9. The number of benzene rings is 1. The number of phenols is 1. The van der Waals surface area contributed by atoms with Crippen molar-refractivity contribution in [1.29, 1.82) is 0 Å². The number of ether oxygens (including phenoxy) is 5. The van der Waals surface area contributed by atoms with Crippen molar-refractivity contribution in [3.8, 4) is 11.5 Å². The summed E-state index contributed by atoms with van der Waals surface area (Å²) < 4.78 is 26.5. The molecule has 33 heavy (non-hydrogen) atoms. The van der Waals surface area contributed by atoms with Gasteiger partial charge in [-0.25, -0.2) is 0 Å². The molecule has 7 N–H and O–H groups in total. The molecule has 8 atom stereocenters. The second-order valence-electron chi connectivity index (χ2n) is 7.90. The average molecular weight is 474 g/mol. The van der Waals surface area contributed by atoms with Gasteiger partial charge in [0, 0.05) is 0 Å². The van der Waals surface area contributed by atoms with Crippen LogP contribution in [-0.2, 0) is 18.9 Å². The van der Waals surface area contributed by atoms with Gasteiger partial charge >= 0.3 is 0 Å². The van der Waals surface area contributed by atoms with Gasteiger partial charge in [0.15, 0.2) is 24.1 Å². The molecule has 2 heterocycles. The van der Waals surface area contributed by atoms with Crippen molar-refractivity contribution < 1.29 is 59.4 Å². The fourth-order valence-electron chi connectivity index (χ4n) is 3.45. The predicted octanol–water partition coefficient (Wildman–Crippen LogP) is -2.30. The van der Waals surface area contributed by atoms with Gasteiger partial charge in [-0.3, -0.25) is 0 Å². The van der Waals surface area contributed by atoms with Gasteiger partial charge in [0.2, 0.25) is 0 Å². The molecule has 0 aromatic heterocycles. The lowest BCUT2D eigenvalue weighted by Crippen LogP contribution is -2.59. The first-order valence-electron chi connectivity index (χ1n) is 10.3. The zero-order valence-corrected chi connectivity index (χ0v) is 17.9.